The molecule has 0 saturated heterocycles. The van der Waals surface area contributed by atoms with Crippen LogP contribution in [0, 0.1) is 6.92 Å². The van der Waals surface area contributed by atoms with Gasteiger partial charge in [0.15, 0.2) is 0 Å². The van der Waals surface area contributed by atoms with Crippen molar-refractivity contribution in [1.29, 1.82) is 0 Å². The number of aromatic nitrogens is 2. The van der Waals surface area contributed by atoms with Crippen LogP contribution in [0.3, 0.4) is 0 Å². The van der Waals surface area contributed by atoms with Crippen molar-refractivity contribution in [2.45, 2.75) is 13.5 Å². The Kier molecular flexibility index (Phi) is 6.03. The molecule has 0 aliphatic carbocycles. The number of anilines is 2. The predicted molar refractivity (Wildman–Crippen MR) is 123 cm³/mol. The molecule has 0 atom stereocenters. The summed E-state index contributed by atoms with van der Waals surface area (Å²) >= 11 is 0. The molecule has 8 heteroatoms. The van der Waals surface area contributed by atoms with E-state index in [0.29, 0.717) is 34.2 Å². The fourth-order valence-corrected chi connectivity index (χ4v) is 3.11. The zero-order valence-corrected chi connectivity index (χ0v) is 17.7. The highest BCUT2D eigenvalue weighted by Gasteiger charge is 2.06. The summed E-state index contributed by atoms with van der Waals surface area (Å²) in [5.74, 6) is 1.25. The van der Waals surface area contributed by atoms with Crippen molar-refractivity contribution in [3.8, 4) is 11.5 Å². The Morgan fingerprint density at radius 1 is 0.969 bits per heavy atom. The zero-order chi connectivity index (χ0) is 22.5. The molecule has 0 saturated carbocycles. The van der Waals surface area contributed by atoms with Gasteiger partial charge in [0.2, 0.25) is 0 Å². The van der Waals surface area contributed by atoms with Gasteiger partial charge in [-0.25, -0.2) is 9.78 Å². The molecule has 0 spiro atoms. The number of urea groups is 1. The van der Waals surface area contributed by atoms with Gasteiger partial charge in [0, 0.05) is 29.7 Å². The lowest BCUT2D eigenvalue weighted by molar-refractivity contribution is 0.262. The van der Waals surface area contributed by atoms with Crippen LogP contribution in [-0.2, 0) is 6.61 Å². The van der Waals surface area contributed by atoms with Gasteiger partial charge in [0.05, 0.1) is 12.8 Å². The van der Waals surface area contributed by atoms with Crippen molar-refractivity contribution >= 4 is 23.1 Å². The third kappa shape index (κ3) is 5.04. The third-order valence-electron chi connectivity index (χ3n) is 4.70. The number of benzene rings is 2. The maximum atomic E-state index is 12.3. The van der Waals surface area contributed by atoms with Gasteiger partial charge in [0.25, 0.3) is 5.56 Å². The number of amides is 2. The maximum Gasteiger partial charge on any atom is 0.323 e. The number of hydrogen-bond acceptors (Lipinski definition) is 5. The second kappa shape index (κ2) is 9.22. The summed E-state index contributed by atoms with van der Waals surface area (Å²) in [4.78, 5) is 28.9. The average Bonchev–Trinajstić information content (AvgIpc) is 2.78. The maximum absolute atomic E-state index is 12.3. The topological polar surface area (TPSA) is 94.0 Å². The van der Waals surface area contributed by atoms with E-state index in [0.717, 1.165) is 5.56 Å². The number of hydrogen-bond donors (Lipinski definition) is 2. The van der Waals surface area contributed by atoms with E-state index in [4.69, 9.17) is 9.47 Å². The van der Waals surface area contributed by atoms with Crippen LogP contribution in [0.5, 0.6) is 11.5 Å². The van der Waals surface area contributed by atoms with Gasteiger partial charge in [-0.15, -0.1) is 0 Å². The number of nitrogens with one attached hydrogen (secondary N) is 2. The average molecular weight is 430 g/mol. The van der Waals surface area contributed by atoms with E-state index >= 15 is 0 Å². The van der Waals surface area contributed by atoms with Crippen LogP contribution < -0.4 is 25.7 Å². The van der Waals surface area contributed by atoms with Gasteiger partial charge in [-0.05, 0) is 61.0 Å². The highest BCUT2D eigenvalue weighted by atomic mass is 16.5. The summed E-state index contributed by atoms with van der Waals surface area (Å²) in [5.41, 5.74) is 3.22. The minimum absolute atomic E-state index is 0.156. The summed E-state index contributed by atoms with van der Waals surface area (Å²) < 4.78 is 12.4. The monoisotopic (exact) mass is 430 g/mol. The van der Waals surface area contributed by atoms with E-state index in [1.54, 1.807) is 61.8 Å². The summed E-state index contributed by atoms with van der Waals surface area (Å²) in [6.45, 7) is 2.10. The van der Waals surface area contributed by atoms with E-state index in [9.17, 15) is 9.59 Å². The Hall–Kier alpha value is -4.33. The molecule has 2 aromatic heterocycles. The second-order valence-electron chi connectivity index (χ2n) is 7.14. The fourth-order valence-electron chi connectivity index (χ4n) is 3.11. The summed E-state index contributed by atoms with van der Waals surface area (Å²) in [5, 5.41) is 5.51. The smallest absolute Gasteiger partial charge is 0.323 e. The Morgan fingerprint density at radius 3 is 2.53 bits per heavy atom. The number of nitrogens with zero attached hydrogens (tertiary/aromatic N) is 2. The molecule has 2 amide bonds. The third-order valence-corrected chi connectivity index (χ3v) is 4.70. The molecular formula is C24H22N4O4. The van der Waals surface area contributed by atoms with Gasteiger partial charge in [-0.3, -0.25) is 9.20 Å². The first-order valence-electron chi connectivity index (χ1n) is 9.94. The van der Waals surface area contributed by atoms with Gasteiger partial charge >= 0.3 is 6.03 Å². The largest absolute Gasteiger partial charge is 0.497 e. The normalized spacial score (nSPS) is 10.6. The van der Waals surface area contributed by atoms with Crippen molar-refractivity contribution < 1.29 is 14.3 Å². The van der Waals surface area contributed by atoms with E-state index in [1.807, 2.05) is 19.1 Å². The standard InChI is InChI=1S/C24H22N4O4/c1-16-10-11-28-22(12-16)25-19(14-23(28)29)15-32-20-8-6-17(7-9-20)26-24(30)27-18-4-3-5-21(13-18)31-2/h3-14H,15H2,1-2H3,(H2,26,27,30). The van der Waals surface area contributed by atoms with E-state index in [1.165, 1.54) is 10.5 Å². The van der Waals surface area contributed by atoms with Crippen molar-refractivity contribution in [3.05, 3.63) is 94.5 Å². The number of aryl methyl sites for hydroxylation is 1. The minimum atomic E-state index is -0.372. The number of fused-ring (bicyclic) bond motifs is 1. The molecule has 0 aliphatic rings. The van der Waals surface area contributed by atoms with E-state index < -0.39 is 0 Å². The molecule has 0 aliphatic heterocycles. The highest BCUT2D eigenvalue weighted by molar-refractivity contribution is 5.99. The SMILES string of the molecule is COc1cccc(NC(=O)Nc2ccc(OCc3cc(=O)n4ccc(C)cc4n3)cc2)c1. The molecule has 4 aromatic rings. The number of carbonyl (C=O) groups excluding carboxylic acids is 1. The van der Waals surface area contributed by atoms with Crippen molar-refractivity contribution in [2.24, 2.45) is 0 Å². The van der Waals surface area contributed by atoms with E-state index in [-0.39, 0.29) is 18.2 Å². The molecule has 32 heavy (non-hydrogen) atoms. The summed E-state index contributed by atoms with van der Waals surface area (Å²) in [7, 11) is 1.57. The van der Waals surface area contributed by atoms with E-state index in [2.05, 4.69) is 15.6 Å². The highest BCUT2D eigenvalue weighted by Crippen LogP contribution is 2.19. The molecule has 2 N–H and O–H groups in total. The van der Waals surface area contributed by atoms with Gasteiger partial charge < -0.3 is 20.1 Å². The van der Waals surface area contributed by atoms with Gasteiger partial charge in [0.1, 0.15) is 23.8 Å². The Morgan fingerprint density at radius 2 is 1.75 bits per heavy atom. The fraction of sp³-hybridized carbons (Fsp3) is 0.125. The molecule has 8 nitrogen and oxygen atoms in total. The lowest BCUT2D eigenvalue weighted by atomic mass is 10.3. The number of carbonyl (C=O) groups is 1. The molecule has 0 fully saturated rings. The lowest BCUT2D eigenvalue weighted by Crippen LogP contribution is -2.19. The Labute approximate surface area is 184 Å². The second-order valence-corrected chi connectivity index (χ2v) is 7.14. The van der Waals surface area contributed by atoms with Crippen molar-refractivity contribution in [3.63, 3.8) is 0 Å². The van der Waals surface area contributed by atoms with Crippen LogP contribution in [0.2, 0.25) is 0 Å². The molecule has 2 aromatic carbocycles. The summed E-state index contributed by atoms with van der Waals surface area (Å²) in [6, 6.07) is 18.8. The Bertz CT molecular complexity index is 1320. The molecule has 0 bridgehead atoms. The van der Waals surface area contributed by atoms with Crippen LogP contribution in [0.15, 0.2) is 77.7 Å². The number of methoxy groups -OCH3 is 1. The molecule has 162 valence electrons. The molecule has 2 heterocycles. The van der Waals surface area contributed by atoms with Gasteiger partial charge in [-0.1, -0.05) is 6.07 Å². The quantitative estimate of drug-likeness (QED) is 0.477. The van der Waals surface area contributed by atoms with Crippen LogP contribution in [0.4, 0.5) is 16.2 Å². The summed E-state index contributed by atoms with van der Waals surface area (Å²) in [6.07, 6.45) is 1.71. The zero-order valence-electron chi connectivity index (χ0n) is 17.7. The molecule has 0 radical (unpaired) electrons. The first-order chi connectivity index (χ1) is 15.5. The van der Waals surface area contributed by atoms with Gasteiger partial charge in [-0.2, -0.15) is 0 Å². The van der Waals surface area contributed by atoms with Crippen molar-refractivity contribution in [1.82, 2.24) is 9.38 Å². The molecular weight excluding hydrogens is 408 g/mol. The molecule has 0 unspecified atom stereocenters. The van der Waals surface area contributed by atoms with Crippen LogP contribution in [0.25, 0.3) is 5.65 Å². The minimum Gasteiger partial charge on any atom is -0.497 e. The van der Waals surface area contributed by atoms with Crippen LogP contribution >= 0.6 is 0 Å². The lowest BCUT2D eigenvalue weighted by Gasteiger charge is -2.10. The number of rotatable bonds is 6. The number of ether oxygens (including phenoxy) is 2. The first kappa shape index (κ1) is 20.9. The number of pyridine rings is 1. The predicted octanol–water partition coefficient (Wildman–Crippen LogP) is 4.23. The molecule has 4 rings (SSSR count). The van der Waals surface area contributed by atoms with Crippen molar-refractivity contribution in [2.75, 3.05) is 17.7 Å². The van der Waals surface area contributed by atoms with Crippen LogP contribution in [-0.4, -0.2) is 22.5 Å². The first-order valence-corrected chi connectivity index (χ1v) is 9.94. The Balaban J connectivity index is 1.36. The van der Waals surface area contributed by atoms with Crippen LogP contribution in [0.1, 0.15) is 11.3 Å².